The quantitative estimate of drug-likeness (QED) is 0.569. The Morgan fingerprint density at radius 1 is 1.08 bits per heavy atom. The third-order valence-corrected chi connectivity index (χ3v) is 4.53. The van der Waals surface area contributed by atoms with Crippen LogP contribution in [0.25, 0.3) is 22.2 Å². The zero-order valence-electron chi connectivity index (χ0n) is 14.1. The number of hydrazone groups is 1. The van der Waals surface area contributed by atoms with Crippen molar-refractivity contribution in [2.75, 3.05) is 0 Å². The minimum Gasteiger partial charge on any atom is -0.267 e. The number of para-hydroxylation sites is 1. The molecule has 4 heteroatoms. The number of pyridine rings is 1. The third kappa shape index (κ3) is 3.29. The van der Waals surface area contributed by atoms with Crippen molar-refractivity contribution in [3.8, 4) is 11.3 Å². The number of carbonyl (C=O) groups is 1. The van der Waals surface area contributed by atoms with Crippen LogP contribution in [0.15, 0.2) is 65.8 Å². The first-order valence-corrected chi connectivity index (χ1v) is 8.52. The van der Waals surface area contributed by atoms with Crippen molar-refractivity contribution in [3.63, 3.8) is 0 Å². The first kappa shape index (κ1) is 15.5. The zero-order valence-corrected chi connectivity index (χ0v) is 14.1. The Labute approximate surface area is 146 Å². The molecule has 0 atom stereocenters. The number of amides is 1. The van der Waals surface area contributed by atoms with E-state index in [0.29, 0.717) is 11.5 Å². The van der Waals surface area contributed by atoms with Crippen LogP contribution in [-0.4, -0.2) is 16.6 Å². The lowest BCUT2D eigenvalue weighted by Crippen LogP contribution is -2.20. The molecule has 0 aliphatic heterocycles. The van der Waals surface area contributed by atoms with E-state index in [1.165, 1.54) is 12.8 Å². The molecule has 3 aromatic rings. The summed E-state index contributed by atoms with van der Waals surface area (Å²) in [6.07, 6.45) is 2.34. The maximum absolute atomic E-state index is 12.7. The molecule has 1 amide bonds. The van der Waals surface area contributed by atoms with Crippen LogP contribution in [0.4, 0.5) is 0 Å². The smallest absolute Gasteiger partial charge is 0.267 e. The highest BCUT2D eigenvalue weighted by Gasteiger charge is 2.24. The van der Waals surface area contributed by atoms with Gasteiger partial charge < -0.3 is 0 Å². The van der Waals surface area contributed by atoms with Crippen LogP contribution in [0, 0.1) is 5.92 Å². The molecule has 1 aromatic heterocycles. The minimum atomic E-state index is -0.198. The van der Waals surface area contributed by atoms with Gasteiger partial charge in [-0.05, 0) is 37.8 Å². The summed E-state index contributed by atoms with van der Waals surface area (Å²) < 4.78 is 0. The number of nitrogens with one attached hydrogen (secondary N) is 1. The van der Waals surface area contributed by atoms with Gasteiger partial charge in [0.2, 0.25) is 0 Å². The van der Waals surface area contributed by atoms with E-state index in [2.05, 4.69) is 10.5 Å². The lowest BCUT2D eigenvalue weighted by molar-refractivity contribution is 0.0956. The molecule has 0 bridgehead atoms. The molecular formula is C21H19N3O. The van der Waals surface area contributed by atoms with Crippen LogP contribution >= 0.6 is 0 Å². The Kier molecular flexibility index (Phi) is 4.02. The maximum Gasteiger partial charge on any atom is 0.272 e. The van der Waals surface area contributed by atoms with Gasteiger partial charge in [0.25, 0.3) is 5.91 Å². The summed E-state index contributed by atoms with van der Waals surface area (Å²) in [5, 5.41) is 5.10. The van der Waals surface area contributed by atoms with Crippen LogP contribution in [0.1, 0.15) is 30.1 Å². The third-order valence-electron chi connectivity index (χ3n) is 4.53. The summed E-state index contributed by atoms with van der Waals surface area (Å²) in [6, 6.07) is 19.4. The van der Waals surface area contributed by atoms with Gasteiger partial charge in [-0.1, -0.05) is 48.5 Å². The molecule has 25 heavy (non-hydrogen) atoms. The number of benzene rings is 2. The normalized spacial score (nSPS) is 14.5. The van der Waals surface area contributed by atoms with Crippen LogP contribution < -0.4 is 5.43 Å². The molecule has 0 radical (unpaired) electrons. The molecule has 1 aliphatic carbocycles. The largest absolute Gasteiger partial charge is 0.272 e. The highest BCUT2D eigenvalue weighted by atomic mass is 16.2. The Bertz CT molecular complexity index is 959. The minimum absolute atomic E-state index is 0.198. The molecule has 1 saturated carbocycles. The molecule has 1 heterocycles. The molecule has 0 spiro atoms. The van der Waals surface area contributed by atoms with E-state index in [4.69, 9.17) is 4.98 Å². The van der Waals surface area contributed by atoms with Gasteiger partial charge in [-0.3, -0.25) is 4.79 Å². The molecule has 4 nitrogen and oxygen atoms in total. The number of carbonyl (C=O) groups excluding carboxylic acids is 1. The predicted molar refractivity (Wildman–Crippen MR) is 100 cm³/mol. The Balaban J connectivity index is 1.75. The van der Waals surface area contributed by atoms with Crippen molar-refractivity contribution < 1.29 is 4.79 Å². The number of fused-ring (bicyclic) bond motifs is 1. The van der Waals surface area contributed by atoms with E-state index in [1.54, 1.807) is 0 Å². The van der Waals surface area contributed by atoms with E-state index in [1.807, 2.05) is 67.6 Å². The summed E-state index contributed by atoms with van der Waals surface area (Å²) in [6.45, 7) is 1.97. The first-order chi connectivity index (χ1) is 12.2. The molecule has 0 unspecified atom stereocenters. The number of nitrogens with zero attached hydrogens (tertiary/aromatic N) is 2. The second kappa shape index (κ2) is 6.48. The molecule has 0 saturated heterocycles. The van der Waals surface area contributed by atoms with Crippen molar-refractivity contribution >= 4 is 22.5 Å². The first-order valence-electron chi connectivity index (χ1n) is 8.52. The van der Waals surface area contributed by atoms with Crippen molar-refractivity contribution in [1.29, 1.82) is 0 Å². The van der Waals surface area contributed by atoms with Gasteiger partial charge in [0.15, 0.2) is 0 Å². The van der Waals surface area contributed by atoms with E-state index in [0.717, 1.165) is 27.9 Å². The number of hydrogen-bond donors (Lipinski definition) is 1. The van der Waals surface area contributed by atoms with Crippen molar-refractivity contribution in [3.05, 3.63) is 66.2 Å². The average molecular weight is 329 g/mol. The van der Waals surface area contributed by atoms with Crippen molar-refractivity contribution in [2.24, 2.45) is 11.0 Å². The topological polar surface area (TPSA) is 54.4 Å². The summed E-state index contributed by atoms with van der Waals surface area (Å²) in [5.74, 6) is 0.338. The highest BCUT2D eigenvalue weighted by molar-refractivity contribution is 6.07. The average Bonchev–Trinajstić information content (AvgIpc) is 3.51. The van der Waals surface area contributed by atoms with Crippen LogP contribution in [-0.2, 0) is 0 Å². The van der Waals surface area contributed by atoms with Gasteiger partial charge >= 0.3 is 0 Å². The molecule has 4 rings (SSSR count). The number of rotatable bonds is 4. The fraction of sp³-hybridized carbons (Fsp3) is 0.190. The number of aromatic nitrogens is 1. The van der Waals surface area contributed by atoms with Gasteiger partial charge in [0, 0.05) is 16.7 Å². The van der Waals surface area contributed by atoms with Crippen LogP contribution in [0.3, 0.4) is 0 Å². The Morgan fingerprint density at radius 2 is 1.80 bits per heavy atom. The van der Waals surface area contributed by atoms with E-state index < -0.39 is 0 Å². The van der Waals surface area contributed by atoms with Crippen molar-refractivity contribution in [2.45, 2.75) is 19.8 Å². The van der Waals surface area contributed by atoms with Crippen LogP contribution in [0.2, 0.25) is 0 Å². The maximum atomic E-state index is 12.7. The summed E-state index contributed by atoms with van der Waals surface area (Å²) >= 11 is 0. The van der Waals surface area contributed by atoms with Gasteiger partial charge in [-0.15, -0.1) is 0 Å². The predicted octanol–water partition coefficient (Wildman–Crippen LogP) is 4.42. The van der Waals surface area contributed by atoms with Crippen molar-refractivity contribution in [1.82, 2.24) is 10.4 Å². The monoisotopic (exact) mass is 329 g/mol. The Hall–Kier alpha value is -3.01. The summed E-state index contributed by atoms with van der Waals surface area (Å²) in [5.41, 5.74) is 6.88. The van der Waals surface area contributed by atoms with Gasteiger partial charge in [-0.2, -0.15) is 5.10 Å². The summed E-state index contributed by atoms with van der Waals surface area (Å²) in [4.78, 5) is 17.4. The fourth-order valence-corrected chi connectivity index (χ4v) is 2.91. The van der Waals surface area contributed by atoms with E-state index >= 15 is 0 Å². The van der Waals surface area contributed by atoms with Gasteiger partial charge in [-0.25, -0.2) is 10.4 Å². The molecule has 1 aliphatic rings. The Morgan fingerprint density at radius 3 is 2.56 bits per heavy atom. The molecule has 1 fully saturated rings. The lowest BCUT2D eigenvalue weighted by atomic mass is 10.0. The lowest BCUT2D eigenvalue weighted by Gasteiger charge is -2.09. The fourth-order valence-electron chi connectivity index (χ4n) is 2.91. The van der Waals surface area contributed by atoms with E-state index in [9.17, 15) is 4.79 Å². The van der Waals surface area contributed by atoms with E-state index in [-0.39, 0.29) is 5.91 Å². The SMILES string of the molecule is C/C(=N/NC(=O)c1cc(-c2ccccc2)nc2ccccc12)C1CC1. The molecule has 2 aromatic carbocycles. The second-order valence-electron chi connectivity index (χ2n) is 6.41. The standard InChI is InChI=1S/C21H19N3O/c1-14(15-11-12-15)23-24-21(25)18-13-20(16-7-3-2-4-8-16)22-19-10-6-5-9-17(18)19/h2-10,13,15H,11-12H2,1H3,(H,24,25)/b23-14-. The molecule has 1 N–H and O–H groups in total. The number of hydrogen-bond acceptors (Lipinski definition) is 3. The van der Waals surface area contributed by atoms with Gasteiger partial charge in [0.1, 0.15) is 0 Å². The molecule has 124 valence electrons. The highest BCUT2D eigenvalue weighted by Crippen LogP contribution is 2.30. The van der Waals surface area contributed by atoms with Crippen LogP contribution in [0.5, 0.6) is 0 Å². The zero-order chi connectivity index (χ0) is 17.2. The van der Waals surface area contributed by atoms with Gasteiger partial charge in [0.05, 0.1) is 16.8 Å². The molecular weight excluding hydrogens is 310 g/mol. The summed E-state index contributed by atoms with van der Waals surface area (Å²) in [7, 11) is 0. The second-order valence-corrected chi connectivity index (χ2v) is 6.41.